The van der Waals surface area contributed by atoms with E-state index >= 15 is 0 Å². The maximum absolute atomic E-state index is 13.5. The van der Waals surface area contributed by atoms with E-state index in [4.69, 9.17) is 14.7 Å². The third-order valence-corrected chi connectivity index (χ3v) is 7.46. The molecule has 3 aliphatic heterocycles. The first-order chi connectivity index (χ1) is 15.9. The van der Waals surface area contributed by atoms with Gasteiger partial charge in [0.2, 0.25) is 11.8 Å². The van der Waals surface area contributed by atoms with Crippen molar-refractivity contribution in [3.05, 3.63) is 29.3 Å². The van der Waals surface area contributed by atoms with Gasteiger partial charge < -0.3 is 14.8 Å². The molecule has 180 valence electrons. The topological polar surface area (TPSA) is 109 Å². The van der Waals surface area contributed by atoms with Gasteiger partial charge in [-0.2, -0.15) is 18.4 Å². The summed E-state index contributed by atoms with van der Waals surface area (Å²) >= 11 is 0. The fraction of sp³-hybridized carbons (Fsp3) is 0.565. The molecule has 3 heterocycles. The average Bonchev–Trinajstić information content (AvgIpc) is 3.43. The first-order valence-corrected chi connectivity index (χ1v) is 11.0. The molecule has 2 bridgehead atoms. The average molecular weight is 477 g/mol. The number of fused-ring (bicyclic) bond motifs is 5. The molecule has 4 aliphatic rings. The van der Waals surface area contributed by atoms with E-state index in [0.717, 1.165) is 29.9 Å². The predicted molar refractivity (Wildman–Crippen MR) is 109 cm³/mol. The molecular formula is C23H22F3N3O5. The maximum atomic E-state index is 13.5. The van der Waals surface area contributed by atoms with Crippen LogP contribution in [0.2, 0.25) is 0 Å². The minimum atomic E-state index is -4.83. The molecular weight excluding hydrogens is 455 g/mol. The van der Waals surface area contributed by atoms with Gasteiger partial charge >= 0.3 is 12.3 Å². The summed E-state index contributed by atoms with van der Waals surface area (Å²) in [6, 6.07) is 3.61. The van der Waals surface area contributed by atoms with Crippen molar-refractivity contribution >= 4 is 23.6 Å². The third kappa shape index (κ3) is 3.27. The highest BCUT2D eigenvalue weighted by molar-refractivity contribution is 6.23. The number of anilines is 1. The van der Waals surface area contributed by atoms with E-state index < -0.39 is 64.3 Å². The van der Waals surface area contributed by atoms with Crippen LogP contribution in [0, 0.1) is 29.1 Å². The van der Waals surface area contributed by atoms with Crippen LogP contribution in [-0.2, 0) is 25.2 Å². The van der Waals surface area contributed by atoms with Crippen LogP contribution >= 0.6 is 0 Å². The van der Waals surface area contributed by atoms with Crippen LogP contribution in [0.3, 0.4) is 0 Å². The summed E-state index contributed by atoms with van der Waals surface area (Å²) in [5, 5.41) is 11.8. The highest BCUT2D eigenvalue weighted by Crippen LogP contribution is 2.61. The lowest BCUT2D eigenvalue weighted by Gasteiger charge is -2.35. The fourth-order valence-corrected chi connectivity index (χ4v) is 5.67. The van der Waals surface area contributed by atoms with Gasteiger partial charge in [-0.1, -0.05) is 0 Å². The second kappa shape index (κ2) is 7.18. The Kier molecular flexibility index (Phi) is 4.79. The largest absolute Gasteiger partial charge is 0.449 e. The van der Waals surface area contributed by atoms with Crippen LogP contribution in [-0.4, -0.2) is 41.8 Å². The van der Waals surface area contributed by atoms with Gasteiger partial charge in [-0.3, -0.25) is 9.59 Å². The Balaban J connectivity index is 1.44. The van der Waals surface area contributed by atoms with E-state index in [1.54, 1.807) is 13.8 Å². The number of nitriles is 1. The van der Waals surface area contributed by atoms with Crippen LogP contribution in [0.1, 0.15) is 44.2 Å². The highest BCUT2D eigenvalue weighted by atomic mass is 19.4. The summed E-state index contributed by atoms with van der Waals surface area (Å²) in [4.78, 5) is 39.8. The normalized spacial score (nSPS) is 34.2. The second-order valence-electron chi connectivity index (χ2n) is 9.85. The predicted octanol–water partition coefficient (Wildman–Crippen LogP) is 3.14. The van der Waals surface area contributed by atoms with E-state index in [-0.39, 0.29) is 12.1 Å². The Labute approximate surface area is 193 Å². The van der Waals surface area contributed by atoms with Gasteiger partial charge in [-0.15, -0.1) is 0 Å². The molecule has 2 unspecified atom stereocenters. The van der Waals surface area contributed by atoms with Crippen molar-refractivity contribution in [2.24, 2.45) is 17.8 Å². The van der Waals surface area contributed by atoms with E-state index in [9.17, 15) is 27.6 Å². The van der Waals surface area contributed by atoms with Gasteiger partial charge in [-0.05, 0) is 50.8 Å². The minimum Gasteiger partial charge on any atom is -0.449 e. The Morgan fingerprint density at radius 1 is 1.26 bits per heavy atom. The summed E-state index contributed by atoms with van der Waals surface area (Å²) in [5.74, 6) is -2.88. The van der Waals surface area contributed by atoms with Crippen molar-refractivity contribution in [1.29, 1.82) is 5.26 Å². The van der Waals surface area contributed by atoms with Crippen LogP contribution in [0.4, 0.5) is 23.7 Å². The van der Waals surface area contributed by atoms with Crippen LogP contribution in [0.5, 0.6) is 0 Å². The number of carbonyl (C=O) groups is 3. The number of imide groups is 1. The van der Waals surface area contributed by atoms with Crippen molar-refractivity contribution in [3.8, 4) is 6.07 Å². The van der Waals surface area contributed by atoms with Crippen molar-refractivity contribution < 1.29 is 37.0 Å². The molecule has 1 aromatic rings. The molecule has 1 saturated carbocycles. The molecule has 34 heavy (non-hydrogen) atoms. The fourth-order valence-electron chi connectivity index (χ4n) is 5.67. The van der Waals surface area contributed by atoms with Crippen LogP contribution in [0.25, 0.3) is 0 Å². The number of ether oxygens (including phenoxy) is 2. The number of amides is 3. The second-order valence-corrected chi connectivity index (χ2v) is 9.85. The molecule has 3 saturated heterocycles. The van der Waals surface area contributed by atoms with Crippen molar-refractivity contribution in [2.75, 3.05) is 11.5 Å². The first-order valence-electron chi connectivity index (χ1n) is 11.0. The first kappa shape index (κ1) is 22.7. The Bertz CT molecular complexity index is 1140. The van der Waals surface area contributed by atoms with E-state index in [2.05, 4.69) is 5.32 Å². The lowest BCUT2D eigenvalue weighted by molar-refractivity contribution is -0.138. The zero-order valence-corrected chi connectivity index (χ0v) is 18.4. The molecule has 11 heteroatoms. The van der Waals surface area contributed by atoms with E-state index in [0.29, 0.717) is 18.6 Å². The molecule has 1 aliphatic carbocycles. The number of alkyl halides is 3. The quantitative estimate of drug-likeness (QED) is 0.668. The molecule has 5 atom stereocenters. The molecule has 4 fully saturated rings. The molecule has 3 amide bonds. The number of carbonyl (C=O) groups excluding carboxylic acids is 3. The smallest absolute Gasteiger partial charge is 0.417 e. The van der Waals surface area contributed by atoms with Gasteiger partial charge in [0.25, 0.3) is 0 Å². The minimum absolute atomic E-state index is 0.247. The molecule has 1 N–H and O–H groups in total. The molecule has 0 spiro atoms. The number of alkyl carbamates (subject to hydrolysis) is 1. The highest BCUT2D eigenvalue weighted by Gasteiger charge is 2.76. The lowest BCUT2D eigenvalue weighted by Crippen LogP contribution is -2.56. The summed E-state index contributed by atoms with van der Waals surface area (Å²) in [6.07, 6.45) is -3.20. The van der Waals surface area contributed by atoms with Crippen LogP contribution < -0.4 is 10.2 Å². The summed E-state index contributed by atoms with van der Waals surface area (Å²) in [5.41, 5.74) is -4.41. The van der Waals surface area contributed by atoms with E-state index in [1.807, 2.05) is 0 Å². The van der Waals surface area contributed by atoms with Crippen molar-refractivity contribution in [1.82, 2.24) is 5.32 Å². The van der Waals surface area contributed by atoms with Crippen LogP contribution in [0.15, 0.2) is 18.2 Å². The standard InChI is InChI=1S/C23H22F3N3O5/c1-21-8-15(28-20(32)33-10-11-3-4-11)22(2,34-21)17-16(21)18(30)29(19(17)31)13-6-5-12(9-27)14(7-13)23(24,25)26/h5-7,11,15-17H,3-4,8,10H2,1-2H3,(H,28,32)/t15-,16-,17+,21?,22?/m1/s1. The SMILES string of the molecule is CC12C[C@@H](NC(=O)OCC3CC3)C(C)(O1)[C@@H]1C(=O)N(c3ccc(C#N)c(C(F)(F)F)c3)C(=O)[C@@H]12. The number of hydrogen-bond donors (Lipinski definition) is 1. The molecule has 0 aromatic heterocycles. The number of halogens is 3. The molecule has 1 aromatic carbocycles. The number of benzene rings is 1. The molecule has 5 rings (SSSR count). The Morgan fingerprint density at radius 2 is 1.94 bits per heavy atom. The lowest BCUT2D eigenvalue weighted by atomic mass is 9.66. The van der Waals surface area contributed by atoms with E-state index in [1.165, 1.54) is 6.07 Å². The van der Waals surface area contributed by atoms with Gasteiger partial charge in [0.05, 0.1) is 58.6 Å². The van der Waals surface area contributed by atoms with Crippen molar-refractivity contribution in [3.63, 3.8) is 0 Å². The van der Waals surface area contributed by atoms with Gasteiger partial charge in [0.15, 0.2) is 0 Å². The molecule has 0 radical (unpaired) electrons. The van der Waals surface area contributed by atoms with Gasteiger partial charge in [0, 0.05) is 6.42 Å². The molecule has 8 nitrogen and oxygen atoms in total. The number of nitrogens with zero attached hydrogens (tertiary/aromatic N) is 2. The maximum Gasteiger partial charge on any atom is 0.417 e. The summed E-state index contributed by atoms with van der Waals surface area (Å²) < 4.78 is 51.8. The van der Waals surface area contributed by atoms with Crippen molar-refractivity contribution in [2.45, 2.75) is 56.5 Å². The Morgan fingerprint density at radius 3 is 2.56 bits per heavy atom. The van der Waals surface area contributed by atoms with Gasteiger partial charge in [0.1, 0.15) is 0 Å². The summed E-state index contributed by atoms with van der Waals surface area (Å²) in [7, 11) is 0. The number of rotatable bonds is 4. The zero-order valence-electron chi connectivity index (χ0n) is 18.4. The number of nitrogens with one attached hydrogen (secondary N) is 1. The number of hydrogen-bond acceptors (Lipinski definition) is 6. The van der Waals surface area contributed by atoms with Gasteiger partial charge in [-0.25, -0.2) is 9.69 Å². The zero-order chi connectivity index (χ0) is 24.6. The monoisotopic (exact) mass is 477 g/mol. The Hall–Kier alpha value is -3.13. The summed E-state index contributed by atoms with van der Waals surface area (Å²) in [6.45, 7) is 3.61. The third-order valence-electron chi connectivity index (χ3n) is 7.46.